The molecule has 110 valence electrons. The minimum Gasteiger partial charge on any atom is -0.508 e. The van der Waals surface area contributed by atoms with Crippen molar-refractivity contribution in [3.63, 3.8) is 0 Å². The lowest BCUT2D eigenvalue weighted by Crippen LogP contribution is -2.19. The van der Waals surface area contributed by atoms with Gasteiger partial charge in [-0.3, -0.25) is 4.79 Å². The summed E-state index contributed by atoms with van der Waals surface area (Å²) in [5.41, 5.74) is 0.741. The fourth-order valence-electron chi connectivity index (χ4n) is 1.64. The predicted octanol–water partition coefficient (Wildman–Crippen LogP) is 2.43. The van der Waals surface area contributed by atoms with Gasteiger partial charge in [-0.05, 0) is 36.4 Å². The van der Waals surface area contributed by atoms with Gasteiger partial charge < -0.3 is 19.9 Å². The van der Waals surface area contributed by atoms with Crippen LogP contribution in [0.5, 0.6) is 11.5 Å². The van der Waals surface area contributed by atoms with Crippen LogP contribution in [-0.2, 0) is 9.53 Å². The summed E-state index contributed by atoms with van der Waals surface area (Å²) in [4.78, 5) is 11.5. The Bertz CT molecular complexity index is 554. The average molecular weight is 287 g/mol. The Kier molecular flexibility index (Phi) is 5.46. The van der Waals surface area contributed by atoms with Crippen LogP contribution in [-0.4, -0.2) is 30.8 Å². The molecule has 0 heterocycles. The number of anilines is 1. The molecule has 5 nitrogen and oxygen atoms in total. The van der Waals surface area contributed by atoms with Gasteiger partial charge in [0.1, 0.15) is 31.3 Å². The topological polar surface area (TPSA) is 67.8 Å². The molecular formula is C16H17NO4. The van der Waals surface area contributed by atoms with Crippen LogP contribution < -0.4 is 10.1 Å². The first-order chi connectivity index (χ1) is 10.2. The van der Waals surface area contributed by atoms with Crippen molar-refractivity contribution < 1.29 is 19.4 Å². The molecule has 2 rings (SSSR count). The van der Waals surface area contributed by atoms with E-state index < -0.39 is 0 Å². The zero-order chi connectivity index (χ0) is 14.9. The molecule has 0 fully saturated rings. The van der Waals surface area contributed by atoms with Gasteiger partial charge in [0.15, 0.2) is 0 Å². The van der Waals surface area contributed by atoms with Crippen LogP contribution in [0, 0.1) is 0 Å². The van der Waals surface area contributed by atoms with Crippen LogP contribution in [0.3, 0.4) is 0 Å². The molecule has 0 saturated carbocycles. The summed E-state index contributed by atoms with van der Waals surface area (Å²) in [7, 11) is 0. The molecule has 2 aromatic carbocycles. The molecule has 0 bridgehead atoms. The third-order valence-corrected chi connectivity index (χ3v) is 2.66. The van der Waals surface area contributed by atoms with Gasteiger partial charge in [0.25, 0.3) is 0 Å². The number of nitrogens with one attached hydrogen (secondary N) is 1. The number of carbonyl (C=O) groups excluding carboxylic acids is 1. The minimum atomic E-state index is -0.361. The van der Waals surface area contributed by atoms with Crippen LogP contribution in [0.4, 0.5) is 5.69 Å². The molecule has 0 amide bonds. The number of hydrogen-bond acceptors (Lipinski definition) is 5. The number of phenolic OH excluding ortho intramolecular Hbond substituents is 1. The second-order valence-electron chi connectivity index (χ2n) is 4.28. The standard InChI is InChI=1S/C16H17NO4/c18-14-8-6-13(7-9-14)17-12-16(19)21-11-10-20-15-4-2-1-3-5-15/h1-9,17-18H,10-12H2. The average Bonchev–Trinajstić information content (AvgIpc) is 2.52. The van der Waals surface area contributed by atoms with E-state index in [1.807, 2.05) is 30.3 Å². The number of benzene rings is 2. The largest absolute Gasteiger partial charge is 0.508 e. The number of ether oxygens (including phenoxy) is 2. The van der Waals surface area contributed by atoms with E-state index >= 15 is 0 Å². The van der Waals surface area contributed by atoms with E-state index in [1.54, 1.807) is 24.3 Å². The second kappa shape index (κ2) is 7.79. The first kappa shape index (κ1) is 14.7. The fraction of sp³-hybridized carbons (Fsp3) is 0.188. The maximum atomic E-state index is 11.5. The zero-order valence-corrected chi connectivity index (χ0v) is 11.5. The van der Waals surface area contributed by atoms with Crippen molar-refractivity contribution in [2.45, 2.75) is 0 Å². The summed E-state index contributed by atoms with van der Waals surface area (Å²) in [5, 5.41) is 12.0. The van der Waals surface area contributed by atoms with E-state index in [1.165, 1.54) is 0 Å². The van der Waals surface area contributed by atoms with Crippen molar-refractivity contribution >= 4 is 11.7 Å². The Morgan fingerprint density at radius 1 is 1.00 bits per heavy atom. The molecule has 0 aromatic heterocycles. The number of rotatable bonds is 7. The van der Waals surface area contributed by atoms with Gasteiger partial charge >= 0.3 is 5.97 Å². The van der Waals surface area contributed by atoms with Crippen molar-refractivity contribution in [3.8, 4) is 11.5 Å². The van der Waals surface area contributed by atoms with Gasteiger partial charge in [0, 0.05) is 5.69 Å². The van der Waals surface area contributed by atoms with E-state index in [0.29, 0.717) is 6.61 Å². The molecule has 5 heteroatoms. The molecule has 2 aromatic rings. The highest BCUT2D eigenvalue weighted by molar-refractivity contribution is 5.75. The number of carbonyl (C=O) groups is 1. The predicted molar refractivity (Wildman–Crippen MR) is 79.5 cm³/mol. The molecule has 0 aliphatic carbocycles. The Morgan fingerprint density at radius 2 is 1.71 bits per heavy atom. The zero-order valence-electron chi connectivity index (χ0n) is 11.5. The van der Waals surface area contributed by atoms with Gasteiger partial charge in [-0.2, -0.15) is 0 Å². The summed E-state index contributed by atoms with van der Waals surface area (Å²) < 4.78 is 10.4. The molecule has 0 atom stereocenters. The van der Waals surface area contributed by atoms with Gasteiger partial charge in [0.2, 0.25) is 0 Å². The molecule has 0 aliphatic heterocycles. The summed E-state index contributed by atoms with van der Waals surface area (Å²) >= 11 is 0. The van der Waals surface area contributed by atoms with Gasteiger partial charge in [0.05, 0.1) is 0 Å². The van der Waals surface area contributed by atoms with Crippen LogP contribution in [0.25, 0.3) is 0 Å². The molecule has 0 unspecified atom stereocenters. The van der Waals surface area contributed by atoms with E-state index in [9.17, 15) is 4.79 Å². The van der Waals surface area contributed by atoms with Crippen molar-refractivity contribution in [1.82, 2.24) is 0 Å². The molecule has 0 radical (unpaired) electrons. The number of para-hydroxylation sites is 1. The summed E-state index contributed by atoms with van der Waals surface area (Å²) in [6.07, 6.45) is 0. The Labute approximate surface area is 123 Å². The Balaban J connectivity index is 1.60. The van der Waals surface area contributed by atoms with Crippen molar-refractivity contribution in [2.75, 3.05) is 25.1 Å². The lowest BCUT2D eigenvalue weighted by Gasteiger charge is -2.08. The highest BCUT2D eigenvalue weighted by atomic mass is 16.6. The van der Waals surface area contributed by atoms with Crippen LogP contribution in [0.2, 0.25) is 0 Å². The number of hydrogen-bond donors (Lipinski definition) is 2. The van der Waals surface area contributed by atoms with Gasteiger partial charge in [-0.1, -0.05) is 18.2 Å². The van der Waals surface area contributed by atoms with Crippen molar-refractivity contribution in [3.05, 3.63) is 54.6 Å². The number of esters is 1. The normalized spacial score (nSPS) is 9.90. The lowest BCUT2D eigenvalue weighted by molar-refractivity contribution is -0.142. The molecular weight excluding hydrogens is 270 g/mol. The minimum absolute atomic E-state index is 0.0656. The van der Waals surface area contributed by atoms with E-state index in [4.69, 9.17) is 14.6 Å². The highest BCUT2D eigenvalue weighted by Gasteiger charge is 2.03. The number of phenols is 1. The smallest absolute Gasteiger partial charge is 0.325 e. The maximum absolute atomic E-state index is 11.5. The summed E-state index contributed by atoms with van der Waals surface area (Å²) in [6.45, 7) is 0.579. The van der Waals surface area contributed by atoms with Crippen molar-refractivity contribution in [1.29, 1.82) is 0 Å². The Morgan fingerprint density at radius 3 is 2.43 bits per heavy atom. The Hall–Kier alpha value is -2.69. The second-order valence-corrected chi connectivity index (χ2v) is 4.28. The number of aromatic hydroxyl groups is 1. The third-order valence-electron chi connectivity index (χ3n) is 2.66. The first-order valence-electron chi connectivity index (χ1n) is 6.60. The van der Waals surface area contributed by atoms with E-state index in [0.717, 1.165) is 11.4 Å². The monoisotopic (exact) mass is 287 g/mol. The van der Waals surface area contributed by atoms with Crippen molar-refractivity contribution in [2.24, 2.45) is 0 Å². The molecule has 21 heavy (non-hydrogen) atoms. The van der Waals surface area contributed by atoms with Crippen LogP contribution >= 0.6 is 0 Å². The molecule has 0 spiro atoms. The van der Waals surface area contributed by atoms with E-state index in [-0.39, 0.29) is 24.9 Å². The summed E-state index contributed by atoms with van der Waals surface area (Å²) in [5.74, 6) is 0.566. The highest BCUT2D eigenvalue weighted by Crippen LogP contribution is 2.13. The maximum Gasteiger partial charge on any atom is 0.325 e. The molecule has 0 saturated heterocycles. The van der Waals surface area contributed by atoms with Gasteiger partial charge in [-0.15, -0.1) is 0 Å². The first-order valence-corrected chi connectivity index (χ1v) is 6.60. The van der Waals surface area contributed by atoms with Gasteiger partial charge in [-0.25, -0.2) is 0 Å². The lowest BCUT2D eigenvalue weighted by atomic mass is 10.3. The SMILES string of the molecule is O=C(CNc1ccc(O)cc1)OCCOc1ccccc1. The summed E-state index contributed by atoms with van der Waals surface area (Å²) in [6, 6.07) is 15.8. The van der Waals surface area contributed by atoms with Crippen LogP contribution in [0.15, 0.2) is 54.6 Å². The molecule has 0 aliphatic rings. The van der Waals surface area contributed by atoms with Crippen LogP contribution in [0.1, 0.15) is 0 Å². The van der Waals surface area contributed by atoms with E-state index in [2.05, 4.69) is 5.32 Å². The fourth-order valence-corrected chi connectivity index (χ4v) is 1.64. The molecule has 2 N–H and O–H groups in total. The quantitative estimate of drug-likeness (QED) is 0.465. The third kappa shape index (κ3) is 5.44.